The van der Waals surface area contributed by atoms with Crippen LogP contribution in [0, 0.1) is 11.6 Å². The number of carbonyl (C=O) groups excluding carboxylic acids is 1. The fraction of sp³-hybridized carbons (Fsp3) is 0.296. The Balaban J connectivity index is 1.81. The fourth-order valence-corrected chi connectivity index (χ4v) is 4.55. The molecule has 4 nitrogen and oxygen atoms in total. The highest BCUT2D eigenvalue weighted by Gasteiger charge is 2.28. The predicted octanol–water partition coefficient (Wildman–Crippen LogP) is 6.17. The number of likely N-dealkylation sites (N-methyl/N-ethyl adjacent to an activating group) is 1. The number of nitrogens with two attached hydrogens (primary N) is 1. The van der Waals surface area contributed by atoms with Crippen LogP contribution in [-0.4, -0.2) is 36.7 Å². The van der Waals surface area contributed by atoms with E-state index in [1.807, 2.05) is 61.5 Å². The number of rotatable bonds is 11. The lowest BCUT2D eigenvalue weighted by Crippen LogP contribution is -2.50. The Kier molecular flexibility index (Phi) is 9.02. The van der Waals surface area contributed by atoms with Crippen molar-refractivity contribution >= 4 is 23.3 Å². The topological polar surface area (TPSA) is 46.3 Å². The minimum absolute atomic E-state index is 0.340. The number of halogens is 3. The van der Waals surface area contributed by atoms with Gasteiger partial charge < -0.3 is 10.2 Å². The van der Waals surface area contributed by atoms with Gasteiger partial charge >= 0.3 is 6.03 Å². The van der Waals surface area contributed by atoms with Crippen LogP contribution in [-0.2, 0) is 13.0 Å². The molecule has 0 saturated carbocycles. The minimum Gasteiger partial charge on any atom is -0.351 e. The van der Waals surface area contributed by atoms with Gasteiger partial charge in [0.25, 0.3) is 0 Å². The van der Waals surface area contributed by atoms with E-state index in [1.54, 1.807) is 4.90 Å². The van der Waals surface area contributed by atoms with Crippen LogP contribution in [0.4, 0.5) is 19.3 Å². The van der Waals surface area contributed by atoms with E-state index in [4.69, 9.17) is 17.3 Å². The highest BCUT2D eigenvalue weighted by molar-refractivity contribution is 6.31. The first-order chi connectivity index (χ1) is 16.3. The molecule has 34 heavy (non-hydrogen) atoms. The van der Waals surface area contributed by atoms with Gasteiger partial charge in [-0.2, -0.15) is 0 Å². The number of anilines is 1. The summed E-state index contributed by atoms with van der Waals surface area (Å²) in [6.45, 7) is 4.88. The molecule has 7 heteroatoms. The molecule has 3 aromatic carbocycles. The third kappa shape index (κ3) is 6.78. The van der Waals surface area contributed by atoms with Crippen LogP contribution in [0.1, 0.15) is 24.5 Å². The lowest BCUT2D eigenvalue weighted by Gasteiger charge is -2.39. The molecule has 0 bridgehead atoms. The van der Waals surface area contributed by atoms with Crippen molar-refractivity contribution < 1.29 is 18.1 Å². The summed E-state index contributed by atoms with van der Waals surface area (Å²) in [5.74, 6) is -0.876. The first-order valence-electron chi connectivity index (χ1n) is 11.5. The molecular weight excluding hydrogens is 456 g/mol. The molecule has 180 valence electrons. The zero-order valence-electron chi connectivity index (χ0n) is 19.4. The molecule has 0 spiro atoms. The average molecular weight is 487 g/mol. The Labute approximate surface area is 205 Å². The van der Waals surface area contributed by atoms with Gasteiger partial charge in [0, 0.05) is 35.7 Å². The van der Waals surface area contributed by atoms with Crippen molar-refractivity contribution in [2.24, 2.45) is 5.73 Å². The van der Waals surface area contributed by atoms with Gasteiger partial charge in [-0.15, -0.1) is 0 Å². The predicted molar refractivity (Wildman–Crippen MR) is 134 cm³/mol. The quantitative estimate of drug-likeness (QED) is 0.323. The minimum atomic E-state index is -0.520. The maximum absolute atomic E-state index is 14.6. The van der Waals surface area contributed by atoms with E-state index in [2.05, 4.69) is 0 Å². The summed E-state index contributed by atoms with van der Waals surface area (Å²) in [7, 11) is 0. The normalized spacial score (nSPS) is 12.8. The average Bonchev–Trinajstić information content (AvgIpc) is 2.83. The van der Waals surface area contributed by atoms with Crippen LogP contribution in [0.2, 0.25) is 5.02 Å². The Bertz CT molecular complexity index is 1100. The number of amides is 2. The molecule has 2 N–H and O–H groups in total. The summed E-state index contributed by atoms with van der Waals surface area (Å²) in [5.41, 5.74) is 7.73. The van der Waals surface area contributed by atoms with E-state index in [-0.39, 0.29) is 0 Å². The number of urea groups is 1. The van der Waals surface area contributed by atoms with Crippen LogP contribution < -0.4 is 10.6 Å². The van der Waals surface area contributed by atoms with Gasteiger partial charge in [-0.05, 0) is 48.9 Å². The number of nitrogens with zero attached hydrogens (tertiary/aromatic N) is 2. The zero-order chi connectivity index (χ0) is 24.6. The van der Waals surface area contributed by atoms with Gasteiger partial charge in [-0.3, -0.25) is 4.90 Å². The van der Waals surface area contributed by atoms with Crippen molar-refractivity contribution in [3.05, 3.63) is 101 Å². The monoisotopic (exact) mass is 486 g/mol. The summed E-state index contributed by atoms with van der Waals surface area (Å²) in [6, 6.07) is 20.0. The molecule has 0 aliphatic carbocycles. The number of carbonyl (C=O) groups is 1. The number of hydrogen-bond donors (Lipinski definition) is 1. The van der Waals surface area contributed by atoms with E-state index < -0.39 is 17.7 Å². The van der Waals surface area contributed by atoms with Crippen LogP contribution in [0.3, 0.4) is 0 Å². The number of quaternary nitrogens is 1. The summed E-state index contributed by atoms with van der Waals surface area (Å²) in [4.78, 5) is 13.6. The van der Waals surface area contributed by atoms with E-state index in [9.17, 15) is 13.6 Å². The van der Waals surface area contributed by atoms with Crippen molar-refractivity contribution in [2.75, 3.05) is 31.1 Å². The number of hydrogen-bond acceptors (Lipinski definition) is 1. The molecule has 0 saturated heterocycles. The second-order valence-corrected chi connectivity index (χ2v) is 8.93. The number of para-hydroxylation sites is 1. The second kappa shape index (κ2) is 12.0. The van der Waals surface area contributed by atoms with Crippen molar-refractivity contribution in [3.8, 4) is 0 Å². The van der Waals surface area contributed by atoms with Crippen molar-refractivity contribution in [3.63, 3.8) is 0 Å². The van der Waals surface area contributed by atoms with E-state index in [0.717, 1.165) is 17.3 Å². The van der Waals surface area contributed by atoms with Gasteiger partial charge in [-0.25, -0.2) is 13.6 Å². The van der Waals surface area contributed by atoms with E-state index in [0.29, 0.717) is 60.6 Å². The molecular formula is C27H31ClF2N3O+. The van der Waals surface area contributed by atoms with Gasteiger partial charge in [0.1, 0.15) is 18.2 Å². The largest absolute Gasteiger partial charge is 0.351 e. The van der Waals surface area contributed by atoms with Crippen LogP contribution >= 0.6 is 11.6 Å². The van der Waals surface area contributed by atoms with Crippen LogP contribution in [0.15, 0.2) is 72.8 Å². The van der Waals surface area contributed by atoms with Crippen molar-refractivity contribution in [2.45, 2.75) is 26.3 Å². The SMILES string of the molecule is CC[N+](CCCN(C(N)=O)c1ccccc1)(CCc1ccccc1Cl)Cc1cc(F)ccc1F. The smallest absolute Gasteiger partial charge is 0.319 e. The van der Waals surface area contributed by atoms with Crippen LogP contribution in [0.25, 0.3) is 0 Å². The molecule has 0 radical (unpaired) electrons. The first kappa shape index (κ1) is 25.7. The lowest BCUT2D eigenvalue weighted by atomic mass is 10.1. The van der Waals surface area contributed by atoms with E-state index in [1.165, 1.54) is 12.1 Å². The van der Waals surface area contributed by atoms with Crippen LogP contribution in [0.5, 0.6) is 0 Å². The Hall–Kier alpha value is -2.96. The molecule has 3 aromatic rings. The molecule has 0 heterocycles. The Morgan fingerprint density at radius 3 is 2.35 bits per heavy atom. The fourth-order valence-electron chi connectivity index (χ4n) is 4.32. The third-order valence-electron chi connectivity index (χ3n) is 6.35. The maximum Gasteiger partial charge on any atom is 0.319 e. The molecule has 0 fully saturated rings. The lowest BCUT2D eigenvalue weighted by molar-refractivity contribution is -0.939. The molecule has 3 rings (SSSR count). The number of benzene rings is 3. The molecule has 1 unspecified atom stereocenters. The summed E-state index contributed by atoms with van der Waals surface area (Å²) >= 11 is 6.38. The van der Waals surface area contributed by atoms with Gasteiger partial charge in [-0.1, -0.05) is 48.0 Å². The third-order valence-corrected chi connectivity index (χ3v) is 6.71. The van der Waals surface area contributed by atoms with Gasteiger partial charge in [0.05, 0.1) is 19.6 Å². The van der Waals surface area contributed by atoms with Crippen molar-refractivity contribution in [1.29, 1.82) is 0 Å². The molecule has 0 aliphatic heterocycles. The Morgan fingerprint density at radius 1 is 0.971 bits per heavy atom. The molecule has 0 aromatic heterocycles. The number of primary amides is 1. The molecule has 1 atom stereocenters. The first-order valence-corrected chi connectivity index (χ1v) is 11.9. The maximum atomic E-state index is 14.6. The standard InChI is InChI=1S/C27H30ClF2N3O/c1-2-33(18-15-21-9-6-7-12-25(21)28,20-22-19-23(29)13-14-26(22)30)17-8-16-32(27(31)34)24-10-4-3-5-11-24/h3-7,9-14,19H,2,8,15-18,20H2,1H3,(H-,31,34)/p+1. The molecule has 0 aliphatic rings. The highest BCUT2D eigenvalue weighted by Crippen LogP contribution is 2.23. The van der Waals surface area contributed by atoms with Gasteiger partial charge in [0.15, 0.2) is 0 Å². The summed E-state index contributed by atoms with van der Waals surface area (Å²) < 4.78 is 29.0. The molecule has 2 amide bonds. The van der Waals surface area contributed by atoms with E-state index >= 15 is 0 Å². The van der Waals surface area contributed by atoms with Gasteiger partial charge in [0.2, 0.25) is 0 Å². The Morgan fingerprint density at radius 2 is 1.68 bits per heavy atom. The van der Waals surface area contributed by atoms with Crippen molar-refractivity contribution in [1.82, 2.24) is 0 Å². The summed E-state index contributed by atoms with van der Waals surface area (Å²) in [6.07, 6.45) is 1.34. The highest BCUT2D eigenvalue weighted by atomic mass is 35.5. The second-order valence-electron chi connectivity index (χ2n) is 8.52. The zero-order valence-corrected chi connectivity index (χ0v) is 20.1. The summed E-state index contributed by atoms with van der Waals surface area (Å²) in [5, 5.41) is 0.692.